The molecule has 21 heavy (non-hydrogen) atoms. The van der Waals surface area contributed by atoms with Crippen molar-refractivity contribution < 1.29 is 14.3 Å². The van der Waals surface area contributed by atoms with E-state index in [9.17, 15) is 4.79 Å². The Kier molecular flexibility index (Phi) is 5.41. The lowest BCUT2D eigenvalue weighted by Gasteiger charge is -2.17. The van der Waals surface area contributed by atoms with Crippen molar-refractivity contribution in [3.63, 3.8) is 0 Å². The van der Waals surface area contributed by atoms with Crippen LogP contribution in [-0.4, -0.2) is 50.7 Å². The number of nitrogens with one attached hydrogen (secondary N) is 1. The fraction of sp³-hybridized carbons (Fsp3) is 0.533. The first kappa shape index (κ1) is 15.6. The van der Waals surface area contributed by atoms with Crippen molar-refractivity contribution in [2.45, 2.75) is 19.0 Å². The molecule has 0 spiro atoms. The molecule has 1 fully saturated rings. The van der Waals surface area contributed by atoms with Crippen LogP contribution in [0, 0.1) is 0 Å². The summed E-state index contributed by atoms with van der Waals surface area (Å²) in [7, 11) is 3.29. The molecule has 1 amide bonds. The Morgan fingerprint density at radius 3 is 2.57 bits per heavy atom. The van der Waals surface area contributed by atoms with Gasteiger partial charge in [-0.2, -0.15) is 0 Å². The lowest BCUT2D eigenvalue weighted by Crippen LogP contribution is -2.40. The number of nitrogens with zero attached hydrogens (tertiary/aromatic N) is 1. The van der Waals surface area contributed by atoms with E-state index < -0.39 is 0 Å². The maximum absolute atomic E-state index is 11.3. The summed E-state index contributed by atoms with van der Waals surface area (Å²) in [5.41, 5.74) is 6.45. The fourth-order valence-electron chi connectivity index (χ4n) is 2.60. The van der Waals surface area contributed by atoms with Crippen molar-refractivity contribution in [2.75, 3.05) is 33.9 Å². The summed E-state index contributed by atoms with van der Waals surface area (Å²) in [6, 6.07) is 6.06. The van der Waals surface area contributed by atoms with Crippen LogP contribution < -0.4 is 20.5 Å². The lowest BCUT2D eigenvalue weighted by atomic mass is 10.2. The molecule has 1 unspecified atom stereocenters. The summed E-state index contributed by atoms with van der Waals surface area (Å²) in [6.45, 7) is 2.65. The van der Waals surface area contributed by atoms with Crippen molar-refractivity contribution in [2.24, 2.45) is 5.73 Å². The van der Waals surface area contributed by atoms with Gasteiger partial charge < -0.3 is 20.5 Å². The number of hydrogen-bond acceptors (Lipinski definition) is 5. The molecule has 1 saturated heterocycles. The smallest absolute Gasteiger partial charge is 0.233 e. The molecule has 0 radical (unpaired) electrons. The first-order valence-electron chi connectivity index (χ1n) is 7.08. The molecule has 6 heteroatoms. The Labute approximate surface area is 125 Å². The van der Waals surface area contributed by atoms with Crippen molar-refractivity contribution >= 4 is 5.91 Å². The largest absolute Gasteiger partial charge is 0.497 e. The minimum atomic E-state index is -0.0927. The molecule has 1 atom stereocenters. The van der Waals surface area contributed by atoms with Crippen molar-refractivity contribution in [1.82, 2.24) is 10.2 Å². The van der Waals surface area contributed by atoms with Gasteiger partial charge in [-0.1, -0.05) is 0 Å². The first-order chi connectivity index (χ1) is 10.1. The van der Waals surface area contributed by atoms with Crippen LogP contribution in [0.3, 0.4) is 0 Å². The average Bonchev–Trinajstić information content (AvgIpc) is 2.93. The molecular formula is C15H23N3O3. The zero-order valence-electron chi connectivity index (χ0n) is 12.6. The Morgan fingerprint density at radius 2 is 2.00 bits per heavy atom. The molecule has 0 saturated carbocycles. The molecule has 3 N–H and O–H groups in total. The SMILES string of the molecule is COc1cc(CN2CCC(NC(=O)CN)C2)cc(OC)c1. The number of likely N-dealkylation sites (tertiary alicyclic amines) is 1. The third-order valence-corrected chi connectivity index (χ3v) is 3.64. The molecule has 6 nitrogen and oxygen atoms in total. The van der Waals surface area contributed by atoms with E-state index in [-0.39, 0.29) is 18.5 Å². The number of nitrogens with two attached hydrogens (primary N) is 1. The van der Waals surface area contributed by atoms with Crippen LogP contribution in [-0.2, 0) is 11.3 Å². The quantitative estimate of drug-likeness (QED) is 0.791. The zero-order chi connectivity index (χ0) is 15.2. The Morgan fingerprint density at radius 1 is 1.33 bits per heavy atom. The third-order valence-electron chi connectivity index (χ3n) is 3.64. The molecule has 116 valence electrons. The van der Waals surface area contributed by atoms with Crippen LogP contribution >= 0.6 is 0 Å². The monoisotopic (exact) mass is 293 g/mol. The van der Waals surface area contributed by atoms with E-state index >= 15 is 0 Å². The molecular weight excluding hydrogens is 270 g/mol. The van der Waals surface area contributed by atoms with Gasteiger partial charge >= 0.3 is 0 Å². The van der Waals surface area contributed by atoms with Crippen LogP contribution in [0.25, 0.3) is 0 Å². The van der Waals surface area contributed by atoms with E-state index in [1.54, 1.807) is 14.2 Å². The lowest BCUT2D eigenvalue weighted by molar-refractivity contribution is -0.120. The molecule has 0 aromatic heterocycles. The molecule has 1 aromatic carbocycles. The predicted octanol–water partition coefficient (Wildman–Crippen LogP) is 0.353. The van der Waals surface area contributed by atoms with E-state index in [1.165, 1.54) is 0 Å². The Hall–Kier alpha value is -1.79. The van der Waals surface area contributed by atoms with Gasteiger partial charge in [-0.25, -0.2) is 0 Å². The van der Waals surface area contributed by atoms with E-state index in [1.807, 2.05) is 18.2 Å². The second-order valence-corrected chi connectivity index (χ2v) is 5.21. The number of rotatable bonds is 6. The van der Waals surface area contributed by atoms with Crippen molar-refractivity contribution in [3.05, 3.63) is 23.8 Å². The van der Waals surface area contributed by atoms with Crippen LogP contribution in [0.15, 0.2) is 18.2 Å². The molecule has 1 aliphatic heterocycles. The number of carbonyl (C=O) groups is 1. The molecule has 1 aromatic rings. The molecule has 1 heterocycles. The standard InChI is InChI=1S/C15H23N3O3/c1-20-13-5-11(6-14(7-13)21-2)9-18-4-3-12(10-18)17-15(19)8-16/h5-7,12H,3-4,8-10,16H2,1-2H3,(H,17,19). The number of ether oxygens (including phenoxy) is 2. The van der Waals surface area contributed by atoms with Gasteiger partial charge in [-0.3, -0.25) is 9.69 Å². The highest BCUT2D eigenvalue weighted by molar-refractivity contribution is 5.78. The maximum Gasteiger partial charge on any atom is 0.233 e. The average molecular weight is 293 g/mol. The molecule has 2 rings (SSSR count). The van der Waals surface area contributed by atoms with E-state index in [0.717, 1.165) is 43.1 Å². The van der Waals surface area contributed by atoms with Gasteiger partial charge in [-0.15, -0.1) is 0 Å². The summed E-state index contributed by atoms with van der Waals surface area (Å²) >= 11 is 0. The Bertz CT molecular complexity index is 471. The summed E-state index contributed by atoms with van der Waals surface area (Å²) in [5.74, 6) is 1.48. The van der Waals surface area contributed by atoms with E-state index in [0.29, 0.717) is 0 Å². The number of carbonyl (C=O) groups excluding carboxylic acids is 1. The first-order valence-corrected chi connectivity index (χ1v) is 7.08. The highest BCUT2D eigenvalue weighted by Gasteiger charge is 2.23. The second-order valence-electron chi connectivity index (χ2n) is 5.21. The van der Waals surface area contributed by atoms with Crippen LogP contribution in [0.5, 0.6) is 11.5 Å². The summed E-state index contributed by atoms with van der Waals surface area (Å²) in [4.78, 5) is 13.6. The van der Waals surface area contributed by atoms with Gasteiger partial charge in [0, 0.05) is 31.7 Å². The molecule has 0 bridgehead atoms. The second kappa shape index (κ2) is 7.28. The normalized spacial score (nSPS) is 18.5. The summed E-state index contributed by atoms with van der Waals surface area (Å²) in [6.07, 6.45) is 0.951. The van der Waals surface area contributed by atoms with Gasteiger partial charge in [0.1, 0.15) is 11.5 Å². The van der Waals surface area contributed by atoms with Crippen molar-refractivity contribution in [1.29, 1.82) is 0 Å². The third kappa shape index (κ3) is 4.34. The highest BCUT2D eigenvalue weighted by Crippen LogP contribution is 2.24. The van der Waals surface area contributed by atoms with Gasteiger partial charge in [0.25, 0.3) is 0 Å². The topological polar surface area (TPSA) is 76.8 Å². The number of amides is 1. The number of hydrogen-bond donors (Lipinski definition) is 2. The van der Waals surface area contributed by atoms with E-state index in [4.69, 9.17) is 15.2 Å². The Balaban J connectivity index is 1.95. The van der Waals surface area contributed by atoms with Gasteiger partial charge in [0.05, 0.1) is 20.8 Å². The predicted molar refractivity (Wildman–Crippen MR) is 80.4 cm³/mol. The van der Waals surface area contributed by atoms with Gasteiger partial charge in [0.15, 0.2) is 0 Å². The summed E-state index contributed by atoms with van der Waals surface area (Å²) < 4.78 is 10.6. The van der Waals surface area contributed by atoms with E-state index in [2.05, 4.69) is 10.2 Å². The van der Waals surface area contributed by atoms with Crippen molar-refractivity contribution in [3.8, 4) is 11.5 Å². The molecule has 0 aliphatic carbocycles. The van der Waals surface area contributed by atoms with Crippen LogP contribution in [0.1, 0.15) is 12.0 Å². The maximum atomic E-state index is 11.3. The van der Waals surface area contributed by atoms with Gasteiger partial charge in [-0.05, 0) is 24.1 Å². The summed E-state index contributed by atoms with van der Waals surface area (Å²) in [5, 5.41) is 2.93. The molecule has 1 aliphatic rings. The number of methoxy groups -OCH3 is 2. The zero-order valence-corrected chi connectivity index (χ0v) is 12.6. The minimum absolute atomic E-state index is 0.0452. The highest BCUT2D eigenvalue weighted by atomic mass is 16.5. The van der Waals surface area contributed by atoms with Gasteiger partial charge in [0.2, 0.25) is 5.91 Å². The minimum Gasteiger partial charge on any atom is -0.497 e. The fourth-order valence-corrected chi connectivity index (χ4v) is 2.60. The van der Waals surface area contributed by atoms with Crippen LogP contribution in [0.4, 0.5) is 0 Å². The number of benzene rings is 1. The van der Waals surface area contributed by atoms with Crippen LogP contribution in [0.2, 0.25) is 0 Å².